The van der Waals surface area contributed by atoms with Gasteiger partial charge in [-0.05, 0) is 30.3 Å². The first-order valence-corrected chi connectivity index (χ1v) is 5.59. The summed E-state index contributed by atoms with van der Waals surface area (Å²) < 4.78 is 13.2. The molecule has 2 aromatic heterocycles. The van der Waals surface area contributed by atoms with Gasteiger partial charge in [-0.25, -0.2) is 4.39 Å². The van der Waals surface area contributed by atoms with Crippen molar-refractivity contribution in [3.63, 3.8) is 0 Å². The summed E-state index contributed by atoms with van der Waals surface area (Å²) in [5, 5.41) is 9.85. The highest BCUT2D eigenvalue weighted by Crippen LogP contribution is 2.21. The fourth-order valence-electron chi connectivity index (χ4n) is 1.76. The molecule has 0 bridgehead atoms. The van der Waals surface area contributed by atoms with E-state index in [1.54, 1.807) is 18.2 Å². The van der Waals surface area contributed by atoms with Gasteiger partial charge in [0.1, 0.15) is 5.82 Å². The first-order chi connectivity index (χ1) is 9.24. The molecule has 0 aliphatic heterocycles. The molecule has 2 N–H and O–H groups in total. The molecule has 0 saturated heterocycles. The van der Waals surface area contributed by atoms with Crippen molar-refractivity contribution in [2.75, 3.05) is 5.32 Å². The summed E-state index contributed by atoms with van der Waals surface area (Å²) in [5.74, 6) is -0.398. The number of anilines is 1. The van der Waals surface area contributed by atoms with Gasteiger partial charge in [0, 0.05) is 23.3 Å². The van der Waals surface area contributed by atoms with Crippen LogP contribution in [0.3, 0.4) is 0 Å². The number of carbonyl (C=O) groups excluding carboxylic acids is 1. The molecular formula is C13H9FN4O. The minimum absolute atomic E-state index is 0.302. The lowest BCUT2D eigenvalue weighted by Crippen LogP contribution is -2.12. The standard InChI is InChI=1S/C13H9FN4O/c14-9-1-2-11-10(7-9)12(18-17-11)16-13(19)8-3-5-15-6-4-8/h1-7H,(H2,16,17,18,19). The lowest BCUT2D eigenvalue weighted by atomic mass is 10.2. The largest absolute Gasteiger partial charge is 0.305 e. The predicted octanol–water partition coefficient (Wildman–Crippen LogP) is 2.35. The van der Waals surface area contributed by atoms with Crippen molar-refractivity contribution in [1.82, 2.24) is 15.2 Å². The van der Waals surface area contributed by atoms with Crippen LogP contribution in [0, 0.1) is 5.82 Å². The number of benzene rings is 1. The Hall–Kier alpha value is -2.76. The number of pyridine rings is 1. The molecule has 94 valence electrons. The molecule has 0 saturated carbocycles. The Morgan fingerprint density at radius 1 is 1.21 bits per heavy atom. The van der Waals surface area contributed by atoms with E-state index in [9.17, 15) is 9.18 Å². The van der Waals surface area contributed by atoms with Crippen molar-refractivity contribution in [3.8, 4) is 0 Å². The van der Waals surface area contributed by atoms with Crippen molar-refractivity contribution < 1.29 is 9.18 Å². The van der Waals surface area contributed by atoms with E-state index in [1.807, 2.05) is 0 Å². The van der Waals surface area contributed by atoms with E-state index in [4.69, 9.17) is 0 Å². The lowest BCUT2D eigenvalue weighted by molar-refractivity contribution is 0.102. The minimum Gasteiger partial charge on any atom is -0.305 e. The van der Waals surface area contributed by atoms with E-state index in [1.165, 1.54) is 24.5 Å². The topological polar surface area (TPSA) is 70.7 Å². The maximum atomic E-state index is 13.2. The van der Waals surface area contributed by atoms with E-state index >= 15 is 0 Å². The number of aromatic nitrogens is 3. The number of rotatable bonds is 2. The van der Waals surface area contributed by atoms with E-state index < -0.39 is 0 Å². The Bertz CT molecular complexity index is 739. The highest BCUT2D eigenvalue weighted by Gasteiger charge is 2.11. The molecule has 0 unspecified atom stereocenters. The summed E-state index contributed by atoms with van der Waals surface area (Å²) in [6.45, 7) is 0. The van der Waals surface area contributed by atoms with Crippen LogP contribution in [-0.4, -0.2) is 21.1 Å². The van der Waals surface area contributed by atoms with Crippen LogP contribution >= 0.6 is 0 Å². The Balaban J connectivity index is 1.94. The Kier molecular flexibility index (Phi) is 2.68. The third kappa shape index (κ3) is 2.15. The Morgan fingerprint density at radius 3 is 2.79 bits per heavy atom. The average Bonchev–Trinajstić information content (AvgIpc) is 2.82. The van der Waals surface area contributed by atoms with Crippen LogP contribution in [0.25, 0.3) is 10.9 Å². The first-order valence-electron chi connectivity index (χ1n) is 5.59. The van der Waals surface area contributed by atoms with Gasteiger partial charge in [-0.2, -0.15) is 5.10 Å². The number of nitrogens with zero attached hydrogens (tertiary/aromatic N) is 2. The van der Waals surface area contributed by atoms with Gasteiger partial charge in [0.25, 0.3) is 5.91 Å². The maximum absolute atomic E-state index is 13.2. The SMILES string of the molecule is O=C(Nc1n[nH]c2ccc(F)cc12)c1ccncc1. The zero-order valence-electron chi connectivity index (χ0n) is 9.72. The van der Waals surface area contributed by atoms with Gasteiger partial charge in [-0.3, -0.25) is 14.9 Å². The minimum atomic E-state index is -0.381. The number of fused-ring (bicyclic) bond motifs is 1. The zero-order chi connectivity index (χ0) is 13.2. The molecule has 0 aliphatic rings. The van der Waals surface area contributed by atoms with Crippen LogP contribution in [0.2, 0.25) is 0 Å². The maximum Gasteiger partial charge on any atom is 0.256 e. The van der Waals surface area contributed by atoms with Crippen LogP contribution in [-0.2, 0) is 0 Å². The Morgan fingerprint density at radius 2 is 2.00 bits per heavy atom. The van der Waals surface area contributed by atoms with E-state index in [-0.39, 0.29) is 11.7 Å². The summed E-state index contributed by atoms with van der Waals surface area (Å²) in [6, 6.07) is 7.39. The van der Waals surface area contributed by atoms with Gasteiger partial charge < -0.3 is 5.32 Å². The molecule has 3 rings (SSSR count). The van der Waals surface area contributed by atoms with Crippen LogP contribution < -0.4 is 5.32 Å². The van der Waals surface area contributed by atoms with Gasteiger partial charge >= 0.3 is 0 Å². The third-order valence-corrected chi connectivity index (χ3v) is 2.70. The molecule has 3 aromatic rings. The zero-order valence-corrected chi connectivity index (χ0v) is 9.72. The van der Waals surface area contributed by atoms with Crippen molar-refractivity contribution in [3.05, 3.63) is 54.1 Å². The summed E-state index contributed by atoms with van der Waals surface area (Å²) in [5.41, 5.74) is 1.12. The molecule has 1 amide bonds. The van der Waals surface area contributed by atoms with Gasteiger partial charge in [0.05, 0.1) is 5.52 Å². The molecule has 0 aliphatic carbocycles. The summed E-state index contributed by atoms with van der Waals surface area (Å²) in [4.78, 5) is 15.8. The molecule has 5 nitrogen and oxygen atoms in total. The summed E-state index contributed by atoms with van der Waals surface area (Å²) in [7, 11) is 0. The van der Waals surface area contributed by atoms with Gasteiger partial charge in [-0.1, -0.05) is 0 Å². The van der Waals surface area contributed by atoms with Gasteiger partial charge in [0.2, 0.25) is 0 Å². The summed E-state index contributed by atoms with van der Waals surface area (Å²) in [6.07, 6.45) is 3.05. The third-order valence-electron chi connectivity index (χ3n) is 2.70. The molecule has 0 radical (unpaired) electrons. The van der Waals surface area contributed by atoms with E-state index in [0.717, 1.165) is 0 Å². The molecule has 2 heterocycles. The molecule has 1 aromatic carbocycles. The molecular weight excluding hydrogens is 247 g/mol. The van der Waals surface area contributed by atoms with Gasteiger partial charge in [-0.15, -0.1) is 0 Å². The average molecular weight is 256 g/mol. The second kappa shape index (κ2) is 4.49. The molecule has 0 spiro atoms. The Labute approximate surface area is 107 Å². The van der Waals surface area contributed by atoms with Crippen molar-refractivity contribution in [2.24, 2.45) is 0 Å². The predicted molar refractivity (Wildman–Crippen MR) is 68.2 cm³/mol. The number of hydrogen-bond donors (Lipinski definition) is 2. The van der Waals surface area contributed by atoms with Crippen LogP contribution in [0.4, 0.5) is 10.2 Å². The monoisotopic (exact) mass is 256 g/mol. The molecule has 0 atom stereocenters. The van der Waals surface area contributed by atoms with Crippen LogP contribution in [0.1, 0.15) is 10.4 Å². The second-order valence-electron chi connectivity index (χ2n) is 3.95. The molecule has 6 heteroatoms. The van der Waals surface area contributed by atoms with Crippen LogP contribution in [0.15, 0.2) is 42.7 Å². The van der Waals surface area contributed by atoms with Crippen molar-refractivity contribution in [2.45, 2.75) is 0 Å². The van der Waals surface area contributed by atoms with Crippen LogP contribution in [0.5, 0.6) is 0 Å². The van der Waals surface area contributed by atoms with E-state index in [2.05, 4.69) is 20.5 Å². The number of aromatic amines is 1. The van der Waals surface area contributed by atoms with E-state index in [0.29, 0.717) is 22.3 Å². The number of halogens is 1. The quantitative estimate of drug-likeness (QED) is 0.739. The number of nitrogens with one attached hydrogen (secondary N) is 2. The fraction of sp³-hybridized carbons (Fsp3) is 0. The number of hydrogen-bond acceptors (Lipinski definition) is 3. The number of amides is 1. The highest BCUT2D eigenvalue weighted by atomic mass is 19.1. The number of carbonyl (C=O) groups is 1. The second-order valence-corrected chi connectivity index (χ2v) is 3.95. The first kappa shape index (κ1) is 11.3. The molecule has 0 fully saturated rings. The highest BCUT2D eigenvalue weighted by molar-refractivity contribution is 6.07. The molecule has 19 heavy (non-hydrogen) atoms. The normalized spacial score (nSPS) is 10.6. The fourth-order valence-corrected chi connectivity index (χ4v) is 1.76. The smallest absolute Gasteiger partial charge is 0.256 e. The van der Waals surface area contributed by atoms with Gasteiger partial charge in [0.15, 0.2) is 5.82 Å². The summed E-state index contributed by atoms with van der Waals surface area (Å²) >= 11 is 0. The lowest BCUT2D eigenvalue weighted by Gasteiger charge is -2.01. The number of H-pyrrole nitrogens is 1. The van der Waals surface area contributed by atoms with Crippen molar-refractivity contribution >= 4 is 22.6 Å². The van der Waals surface area contributed by atoms with Crippen molar-refractivity contribution in [1.29, 1.82) is 0 Å².